The third-order valence-corrected chi connectivity index (χ3v) is 5.38. The van der Waals surface area contributed by atoms with Crippen LogP contribution < -0.4 is 10.1 Å². The number of nitrogens with zero attached hydrogens (tertiary/aromatic N) is 4. The number of ether oxygens (including phenoxy) is 2. The fraction of sp³-hybridized carbons (Fsp3) is 0.208. The summed E-state index contributed by atoms with van der Waals surface area (Å²) < 4.78 is 13.3. The standard InChI is InChI=1S/C24H24ClN5O4.ClH/c1-16(29-32)17-3-2-4-19(13-17)34-22-6-5-18(14-20(22)25)28-24-23-21(26-15-27-24)7-8-30(23)9-11-33-12-10-31;/h2-8,13-15,31-32H,9-12H2,1H3,(H,26,27,28);1H/b29-16-;. The quantitative estimate of drug-likeness (QED) is 0.114. The van der Waals surface area contributed by atoms with Crippen molar-refractivity contribution in [2.45, 2.75) is 13.5 Å². The van der Waals surface area contributed by atoms with E-state index in [9.17, 15) is 0 Å². The molecule has 0 aliphatic rings. The second-order valence-corrected chi connectivity index (χ2v) is 7.79. The molecular formula is C24H25Cl2N5O4. The van der Waals surface area contributed by atoms with Crippen LogP contribution in [0.15, 0.2) is 66.2 Å². The van der Waals surface area contributed by atoms with Gasteiger partial charge in [-0.3, -0.25) is 0 Å². The van der Waals surface area contributed by atoms with Gasteiger partial charge >= 0.3 is 0 Å². The molecule has 4 rings (SSSR count). The molecule has 0 aliphatic carbocycles. The summed E-state index contributed by atoms with van der Waals surface area (Å²) in [6.07, 6.45) is 3.43. The van der Waals surface area contributed by atoms with Gasteiger partial charge in [-0.1, -0.05) is 28.9 Å². The van der Waals surface area contributed by atoms with Gasteiger partial charge in [-0.2, -0.15) is 0 Å². The summed E-state index contributed by atoms with van der Waals surface area (Å²) >= 11 is 6.50. The van der Waals surface area contributed by atoms with Crippen LogP contribution in [0.2, 0.25) is 5.02 Å². The average molecular weight is 518 g/mol. The van der Waals surface area contributed by atoms with E-state index in [1.54, 1.807) is 31.2 Å². The molecule has 9 nitrogen and oxygen atoms in total. The first kappa shape index (κ1) is 26.2. The fourth-order valence-electron chi connectivity index (χ4n) is 3.41. The second kappa shape index (κ2) is 12.4. The summed E-state index contributed by atoms with van der Waals surface area (Å²) in [5, 5.41) is 24.8. The molecule has 0 radical (unpaired) electrons. The van der Waals surface area contributed by atoms with E-state index in [2.05, 4.69) is 20.4 Å². The van der Waals surface area contributed by atoms with Gasteiger partial charge in [0.2, 0.25) is 0 Å². The Kier molecular flexibility index (Phi) is 9.27. The predicted molar refractivity (Wildman–Crippen MR) is 138 cm³/mol. The lowest BCUT2D eigenvalue weighted by molar-refractivity contribution is 0.0875. The van der Waals surface area contributed by atoms with Crippen LogP contribution in [-0.2, 0) is 11.3 Å². The van der Waals surface area contributed by atoms with Gasteiger partial charge in [0.25, 0.3) is 0 Å². The molecule has 0 fully saturated rings. The number of nitrogens with one attached hydrogen (secondary N) is 1. The number of hydrogen-bond acceptors (Lipinski definition) is 8. The Labute approximate surface area is 213 Å². The topological polar surface area (TPSA) is 114 Å². The first-order chi connectivity index (χ1) is 16.6. The van der Waals surface area contributed by atoms with Crippen molar-refractivity contribution in [1.29, 1.82) is 0 Å². The van der Waals surface area contributed by atoms with Crippen LogP contribution in [-0.4, -0.2) is 50.4 Å². The molecule has 3 N–H and O–H groups in total. The molecular weight excluding hydrogens is 493 g/mol. The second-order valence-electron chi connectivity index (χ2n) is 7.39. The minimum atomic E-state index is -0.00912. The van der Waals surface area contributed by atoms with Crippen LogP contribution >= 0.6 is 24.0 Å². The molecule has 4 aromatic rings. The van der Waals surface area contributed by atoms with E-state index in [1.807, 2.05) is 35.0 Å². The maximum atomic E-state index is 8.99. The Morgan fingerprint density at radius 3 is 2.77 bits per heavy atom. The highest BCUT2D eigenvalue weighted by molar-refractivity contribution is 6.32. The van der Waals surface area contributed by atoms with Crippen molar-refractivity contribution in [3.63, 3.8) is 0 Å². The summed E-state index contributed by atoms with van der Waals surface area (Å²) in [7, 11) is 0. The minimum absolute atomic E-state index is 0. The van der Waals surface area contributed by atoms with Gasteiger partial charge in [-0.05, 0) is 43.3 Å². The molecule has 0 amide bonds. The summed E-state index contributed by atoms with van der Waals surface area (Å²) in [5.41, 5.74) is 3.60. The zero-order valence-corrected chi connectivity index (χ0v) is 20.5. The van der Waals surface area contributed by atoms with Crippen molar-refractivity contribution in [3.05, 3.63) is 71.6 Å². The SMILES string of the molecule is C/C(=N/O)c1cccc(Oc2ccc(Nc3ncnc4ccn(CCOCCO)c34)cc2Cl)c1.Cl. The smallest absolute Gasteiger partial charge is 0.158 e. The number of benzene rings is 2. The van der Waals surface area contributed by atoms with Crippen LogP contribution in [0, 0.1) is 0 Å². The summed E-state index contributed by atoms with van der Waals surface area (Å²) in [4.78, 5) is 8.73. The van der Waals surface area contributed by atoms with E-state index >= 15 is 0 Å². The monoisotopic (exact) mass is 517 g/mol. The Balaban J connectivity index is 0.00000342. The van der Waals surface area contributed by atoms with E-state index in [4.69, 9.17) is 31.4 Å². The van der Waals surface area contributed by atoms with E-state index in [-0.39, 0.29) is 19.0 Å². The van der Waals surface area contributed by atoms with Gasteiger partial charge < -0.3 is 29.7 Å². The van der Waals surface area contributed by atoms with Crippen LogP contribution in [0.3, 0.4) is 0 Å². The molecule has 2 aromatic heterocycles. The Morgan fingerprint density at radius 1 is 1.14 bits per heavy atom. The molecule has 0 aliphatic heterocycles. The normalized spacial score (nSPS) is 11.3. The lowest BCUT2D eigenvalue weighted by Gasteiger charge is -2.13. The number of halogens is 2. The van der Waals surface area contributed by atoms with Crippen LogP contribution in [0.5, 0.6) is 11.5 Å². The zero-order chi connectivity index (χ0) is 23.9. The van der Waals surface area contributed by atoms with E-state index < -0.39 is 0 Å². The summed E-state index contributed by atoms with van der Waals surface area (Å²) in [5.74, 6) is 1.69. The number of aliphatic hydroxyl groups excluding tert-OH is 1. The molecule has 0 bridgehead atoms. The fourth-order valence-corrected chi connectivity index (χ4v) is 3.63. The highest BCUT2D eigenvalue weighted by Gasteiger charge is 2.12. The number of hydrogen-bond donors (Lipinski definition) is 3. The number of oxime groups is 1. The van der Waals surface area contributed by atoms with E-state index in [0.717, 1.165) is 22.3 Å². The summed E-state index contributed by atoms with van der Waals surface area (Å²) in [6, 6.07) is 14.5. The maximum Gasteiger partial charge on any atom is 0.158 e. The van der Waals surface area contributed by atoms with Crippen LogP contribution in [0.1, 0.15) is 12.5 Å². The van der Waals surface area contributed by atoms with Gasteiger partial charge in [0, 0.05) is 24.0 Å². The molecule has 0 atom stereocenters. The Bertz CT molecular complexity index is 1310. The summed E-state index contributed by atoms with van der Waals surface area (Å²) in [6.45, 7) is 3.05. The number of aliphatic hydroxyl groups is 1. The lowest BCUT2D eigenvalue weighted by atomic mass is 10.1. The van der Waals surface area contributed by atoms with Crippen molar-refractivity contribution in [2.24, 2.45) is 5.16 Å². The predicted octanol–water partition coefficient (Wildman–Crippen LogP) is 5.25. The largest absolute Gasteiger partial charge is 0.456 e. The zero-order valence-electron chi connectivity index (χ0n) is 18.9. The lowest BCUT2D eigenvalue weighted by Crippen LogP contribution is -2.09. The third kappa shape index (κ3) is 6.40. The molecule has 0 saturated heterocycles. The molecule has 0 unspecified atom stereocenters. The van der Waals surface area contributed by atoms with Crippen molar-refractivity contribution in [3.8, 4) is 11.5 Å². The van der Waals surface area contributed by atoms with Gasteiger partial charge in [0.05, 0.1) is 36.1 Å². The van der Waals surface area contributed by atoms with E-state index in [1.165, 1.54) is 6.33 Å². The first-order valence-electron chi connectivity index (χ1n) is 10.6. The first-order valence-corrected chi connectivity index (χ1v) is 11.0. The highest BCUT2D eigenvalue weighted by Crippen LogP contribution is 2.33. The molecule has 2 aromatic carbocycles. The average Bonchev–Trinajstić information content (AvgIpc) is 3.27. The molecule has 11 heteroatoms. The number of aromatic nitrogens is 3. The van der Waals surface area contributed by atoms with Crippen molar-refractivity contribution < 1.29 is 19.8 Å². The maximum absolute atomic E-state index is 8.99. The van der Waals surface area contributed by atoms with Crippen LogP contribution in [0.25, 0.3) is 11.0 Å². The van der Waals surface area contributed by atoms with Gasteiger partial charge in [-0.25, -0.2) is 9.97 Å². The number of rotatable bonds is 10. The van der Waals surface area contributed by atoms with Crippen molar-refractivity contribution in [1.82, 2.24) is 14.5 Å². The van der Waals surface area contributed by atoms with Gasteiger partial charge in [-0.15, -0.1) is 12.4 Å². The third-order valence-electron chi connectivity index (χ3n) is 5.09. The van der Waals surface area contributed by atoms with Gasteiger partial charge in [0.15, 0.2) is 5.82 Å². The molecule has 184 valence electrons. The van der Waals surface area contributed by atoms with Gasteiger partial charge in [0.1, 0.15) is 23.3 Å². The number of fused-ring (bicyclic) bond motifs is 1. The Morgan fingerprint density at radius 2 is 2.00 bits per heavy atom. The molecule has 2 heterocycles. The van der Waals surface area contributed by atoms with Crippen molar-refractivity contribution in [2.75, 3.05) is 25.1 Å². The Hall–Kier alpha value is -3.37. The number of anilines is 2. The van der Waals surface area contributed by atoms with Crippen molar-refractivity contribution >= 4 is 52.3 Å². The van der Waals surface area contributed by atoms with E-state index in [0.29, 0.717) is 47.8 Å². The van der Waals surface area contributed by atoms with Crippen LogP contribution in [0.4, 0.5) is 11.5 Å². The molecule has 0 spiro atoms. The molecule has 35 heavy (non-hydrogen) atoms. The highest BCUT2D eigenvalue weighted by atomic mass is 35.5. The minimum Gasteiger partial charge on any atom is -0.456 e. The molecule has 0 saturated carbocycles.